The Bertz CT molecular complexity index is 652. The highest BCUT2D eigenvalue weighted by atomic mass is 16.3. The molecule has 1 heterocycles. The predicted molar refractivity (Wildman–Crippen MR) is 75.8 cm³/mol. The predicted octanol–water partition coefficient (Wildman–Crippen LogP) is 3.38. The summed E-state index contributed by atoms with van der Waals surface area (Å²) in [6, 6.07) is 15.9. The molecule has 3 nitrogen and oxygen atoms in total. The number of para-hydroxylation sites is 2. The van der Waals surface area contributed by atoms with E-state index in [9.17, 15) is 0 Å². The molecule has 0 saturated heterocycles. The highest BCUT2D eigenvalue weighted by molar-refractivity contribution is 5.72. The maximum atomic E-state index is 6.20. The molecule has 0 fully saturated rings. The number of hydrogen-bond acceptors (Lipinski definition) is 3. The lowest BCUT2D eigenvalue weighted by molar-refractivity contribution is 0.502. The second-order valence-corrected chi connectivity index (χ2v) is 4.80. The minimum Gasteiger partial charge on any atom is -0.441 e. The number of fused-ring (bicyclic) bond motifs is 1. The molecule has 0 saturated carbocycles. The van der Waals surface area contributed by atoms with Gasteiger partial charge < -0.3 is 10.2 Å². The highest BCUT2D eigenvalue weighted by Gasteiger charge is 2.12. The van der Waals surface area contributed by atoms with Crippen LogP contribution in [0.4, 0.5) is 0 Å². The Labute approximate surface area is 112 Å². The molecule has 0 amide bonds. The molecule has 96 valence electrons. The lowest BCUT2D eigenvalue weighted by Crippen LogP contribution is -2.13. The first-order valence-electron chi connectivity index (χ1n) is 6.39. The summed E-state index contributed by atoms with van der Waals surface area (Å²) in [5, 5.41) is 0. The summed E-state index contributed by atoms with van der Waals surface area (Å²) in [5.41, 5.74) is 10.2. The Morgan fingerprint density at radius 1 is 1.11 bits per heavy atom. The van der Waals surface area contributed by atoms with Crippen molar-refractivity contribution in [1.82, 2.24) is 4.98 Å². The van der Waals surface area contributed by atoms with Crippen LogP contribution in [0, 0.1) is 6.92 Å². The lowest BCUT2D eigenvalue weighted by atomic mass is 10.0. The summed E-state index contributed by atoms with van der Waals surface area (Å²) in [5.74, 6) is 0.689. The first kappa shape index (κ1) is 11.9. The van der Waals surface area contributed by atoms with Crippen molar-refractivity contribution in [2.45, 2.75) is 19.4 Å². The third-order valence-electron chi connectivity index (χ3n) is 3.24. The summed E-state index contributed by atoms with van der Waals surface area (Å²) in [4.78, 5) is 4.45. The average Bonchev–Trinajstić information content (AvgIpc) is 2.81. The number of oxazole rings is 1. The molecule has 3 rings (SSSR count). The minimum absolute atomic E-state index is 0.0892. The molecule has 0 spiro atoms. The summed E-state index contributed by atoms with van der Waals surface area (Å²) < 4.78 is 5.69. The minimum atomic E-state index is -0.0892. The molecule has 0 aliphatic heterocycles. The van der Waals surface area contributed by atoms with Gasteiger partial charge in [-0.15, -0.1) is 0 Å². The van der Waals surface area contributed by atoms with Gasteiger partial charge in [-0.3, -0.25) is 0 Å². The number of aryl methyl sites for hydroxylation is 1. The number of nitrogens with two attached hydrogens (primary N) is 1. The van der Waals surface area contributed by atoms with Crippen LogP contribution < -0.4 is 5.73 Å². The molecule has 0 aliphatic rings. The van der Waals surface area contributed by atoms with Crippen LogP contribution in [0.25, 0.3) is 11.1 Å². The fourth-order valence-corrected chi connectivity index (χ4v) is 2.13. The van der Waals surface area contributed by atoms with Crippen molar-refractivity contribution >= 4 is 11.1 Å². The van der Waals surface area contributed by atoms with Crippen LogP contribution in [-0.4, -0.2) is 4.98 Å². The van der Waals surface area contributed by atoms with Crippen molar-refractivity contribution in [1.29, 1.82) is 0 Å². The van der Waals surface area contributed by atoms with Crippen molar-refractivity contribution in [3.8, 4) is 0 Å². The summed E-state index contributed by atoms with van der Waals surface area (Å²) in [7, 11) is 0. The van der Waals surface area contributed by atoms with E-state index < -0.39 is 0 Å². The highest BCUT2D eigenvalue weighted by Crippen LogP contribution is 2.20. The van der Waals surface area contributed by atoms with Gasteiger partial charge in [-0.05, 0) is 24.6 Å². The lowest BCUT2D eigenvalue weighted by Gasteiger charge is -2.09. The van der Waals surface area contributed by atoms with E-state index in [0.29, 0.717) is 12.3 Å². The molecule has 1 atom stereocenters. The Morgan fingerprint density at radius 3 is 2.58 bits per heavy atom. The third kappa shape index (κ3) is 2.51. The third-order valence-corrected chi connectivity index (χ3v) is 3.24. The Morgan fingerprint density at radius 2 is 1.84 bits per heavy atom. The van der Waals surface area contributed by atoms with E-state index in [1.54, 1.807) is 0 Å². The van der Waals surface area contributed by atoms with Gasteiger partial charge in [0.15, 0.2) is 11.5 Å². The van der Waals surface area contributed by atoms with E-state index in [4.69, 9.17) is 10.2 Å². The standard InChI is InChI=1S/C16H16N2O/c1-11-6-8-12(9-7-11)13(17)10-16-18-14-4-2-3-5-15(14)19-16/h2-9,13H,10,17H2,1H3. The molecule has 2 aromatic carbocycles. The van der Waals surface area contributed by atoms with Crippen molar-refractivity contribution in [3.63, 3.8) is 0 Å². The molecule has 19 heavy (non-hydrogen) atoms. The van der Waals surface area contributed by atoms with Crippen molar-refractivity contribution in [2.75, 3.05) is 0 Å². The molecule has 1 unspecified atom stereocenters. The number of benzene rings is 2. The maximum absolute atomic E-state index is 6.20. The number of hydrogen-bond donors (Lipinski definition) is 1. The van der Waals surface area contributed by atoms with Crippen LogP contribution in [0.3, 0.4) is 0 Å². The van der Waals surface area contributed by atoms with Crippen LogP contribution in [0.1, 0.15) is 23.1 Å². The van der Waals surface area contributed by atoms with Gasteiger partial charge in [0.25, 0.3) is 0 Å². The first-order valence-corrected chi connectivity index (χ1v) is 6.39. The second kappa shape index (κ2) is 4.86. The largest absolute Gasteiger partial charge is 0.441 e. The summed E-state index contributed by atoms with van der Waals surface area (Å²) >= 11 is 0. The smallest absolute Gasteiger partial charge is 0.197 e. The van der Waals surface area contributed by atoms with E-state index in [0.717, 1.165) is 16.7 Å². The van der Waals surface area contributed by atoms with Gasteiger partial charge in [0.2, 0.25) is 0 Å². The molecular formula is C16H16N2O. The quantitative estimate of drug-likeness (QED) is 0.777. The van der Waals surface area contributed by atoms with E-state index in [-0.39, 0.29) is 6.04 Å². The van der Waals surface area contributed by atoms with Gasteiger partial charge in [-0.1, -0.05) is 42.0 Å². The van der Waals surface area contributed by atoms with Gasteiger partial charge in [0, 0.05) is 12.5 Å². The van der Waals surface area contributed by atoms with Gasteiger partial charge in [-0.2, -0.15) is 0 Å². The molecule has 0 radical (unpaired) electrons. The monoisotopic (exact) mass is 252 g/mol. The number of aromatic nitrogens is 1. The van der Waals surface area contributed by atoms with Crippen LogP contribution in [0.15, 0.2) is 52.9 Å². The van der Waals surface area contributed by atoms with E-state index in [1.807, 2.05) is 24.3 Å². The average molecular weight is 252 g/mol. The molecule has 3 heteroatoms. The fourth-order valence-electron chi connectivity index (χ4n) is 2.13. The van der Waals surface area contributed by atoms with Crippen LogP contribution in [0.5, 0.6) is 0 Å². The summed E-state index contributed by atoms with van der Waals surface area (Å²) in [6.45, 7) is 2.07. The molecular weight excluding hydrogens is 236 g/mol. The van der Waals surface area contributed by atoms with Gasteiger partial charge in [-0.25, -0.2) is 4.98 Å². The van der Waals surface area contributed by atoms with E-state index in [2.05, 4.69) is 36.2 Å². The van der Waals surface area contributed by atoms with Crippen LogP contribution >= 0.6 is 0 Å². The zero-order chi connectivity index (χ0) is 13.2. The Hall–Kier alpha value is -2.13. The zero-order valence-corrected chi connectivity index (χ0v) is 10.8. The second-order valence-electron chi connectivity index (χ2n) is 4.80. The van der Waals surface area contributed by atoms with Crippen LogP contribution in [0.2, 0.25) is 0 Å². The SMILES string of the molecule is Cc1ccc(C(N)Cc2nc3ccccc3o2)cc1. The topological polar surface area (TPSA) is 52.0 Å². The zero-order valence-electron chi connectivity index (χ0n) is 10.8. The van der Waals surface area contributed by atoms with Crippen molar-refractivity contribution in [2.24, 2.45) is 5.73 Å². The molecule has 0 bridgehead atoms. The summed E-state index contributed by atoms with van der Waals surface area (Å²) in [6.07, 6.45) is 0.609. The number of rotatable bonds is 3. The van der Waals surface area contributed by atoms with Crippen LogP contribution in [-0.2, 0) is 6.42 Å². The van der Waals surface area contributed by atoms with E-state index >= 15 is 0 Å². The maximum Gasteiger partial charge on any atom is 0.197 e. The van der Waals surface area contributed by atoms with Crippen molar-refractivity contribution in [3.05, 3.63) is 65.5 Å². The molecule has 3 aromatic rings. The Kier molecular flexibility index (Phi) is 3.05. The van der Waals surface area contributed by atoms with Gasteiger partial charge in [0.05, 0.1) is 0 Å². The Balaban J connectivity index is 1.82. The van der Waals surface area contributed by atoms with Crippen molar-refractivity contribution < 1.29 is 4.42 Å². The first-order chi connectivity index (χ1) is 9.22. The number of nitrogens with zero attached hydrogens (tertiary/aromatic N) is 1. The van der Waals surface area contributed by atoms with Gasteiger partial charge in [0.1, 0.15) is 5.52 Å². The van der Waals surface area contributed by atoms with E-state index in [1.165, 1.54) is 5.56 Å². The van der Waals surface area contributed by atoms with Gasteiger partial charge >= 0.3 is 0 Å². The molecule has 0 aliphatic carbocycles. The normalized spacial score (nSPS) is 12.7. The fraction of sp³-hybridized carbons (Fsp3) is 0.188. The molecule has 2 N–H and O–H groups in total. The molecule has 1 aromatic heterocycles.